The number of furan rings is 1. The summed E-state index contributed by atoms with van der Waals surface area (Å²) in [6.07, 6.45) is 0. The quantitative estimate of drug-likeness (QED) is 0.171. The van der Waals surface area contributed by atoms with E-state index in [1.807, 2.05) is 12.1 Å². The Morgan fingerprint density at radius 3 is 1.59 bits per heavy atom. The van der Waals surface area contributed by atoms with Crippen LogP contribution in [0.2, 0.25) is 0 Å². The van der Waals surface area contributed by atoms with Gasteiger partial charge < -0.3 is 4.42 Å². The first-order valence-electron chi connectivity index (χ1n) is 18.8. The zero-order chi connectivity index (χ0) is 37.0. The van der Waals surface area contributed by atoms with Crippen LogP contribution in [0.4, 0.5) is 0 Å². The van der Waals surface area contributed by atoms with Gasteiger partial charge in [0.25, 0.3) is 0 Å². The Morgan fingerprint density at radius 2 is 0.875 bits per heavy atom. The zero-order valence-corrected chi connectivity index (χ0v) is 31.0. The molecule has 4 heteroatoms. The van der Waals surface area contributed by atoms with Crippen LogP contribution in [0.3, 0.4) is 0 Å². The maximum Gasteiger partial charge on any atom is 0.161 e. The molecule has 0 aliphatic heterocycles. The normalized spacial score (nSPS) is 11.6. The van der Waals surface area contributed by atoms with Crippen LogP contribution in [0.1, 0.15) is 0 Å². The summed E-state index contributed by atoms with van der Waals surface area (Å²) in [6, 6.07) is 68.7. The number of thiophene rings is 1. The van der Waals surface area contributed by atoms with E-state index in [2.05, 4.69) is 182 Å². The van der Waals surface area contributed by atoms with Gasteiger partial charge in [-0.2, -0.15) is 0 Å². The first kappa shape index (κ1) is 32.3. The van der Waals surface area contributed by atoms with Gasteiger partial charge in [-0.15, -0.1) is 11.3 Å². The molecule has 0 aliphatic rings. The Labute approximate surface area is 327 Å². The molecule has 0 bridgehead atoms. The predicted octanol–water partition coefficient (Wildman–Crippen LogP) is 14.7. The second-order valence-corrected chi connectivity index (χ2v) is 15.2. The zero-order valence-electron chi connectivity index (χ0n) is 30.2. The van der Waals surface area contributed by atoms with Crippen molar-refractivity contribution in [2.45, 2.75) is 0 Å². The van der Waals surface area contributed by atoms with Gasteiger partial charge in [0.05, 0.1) is 5.69 Å². The summed E-state index contributed by atoms with van der Waals surface area (Å²) in [6.45, 7) is 0. The van der Waals surface area contributed by atoms with Crippen molar-refractivity contribution >= 4 is 53.6 Å². The average Bonchev–Trinajstić information content (AvgIpc) is 3.85. The van der Waals surface area contributed by atoms with Crippen LogP contribution in [0.15, 0.2) is 199 Å². The fraction of sp³-hybridized carbons (Fsp3) is 0. The minimum absolute atomic E-state index is 0.688. The minimum Gasteiger partial charge on any atom is -0.455 e. The number of para-hydroxylation sites is 2. The van der Waals surface area contributed by atoms with Gasteiger partial charge in [0.2, 0.25) is 0 Å². The molecule has 262 valence electrons. The summed E-state index contributed by atoms with van der Waals surface area (Å²) in [5.41, 5.74) is 13.9. The first-order valence-corrected chi connectivity index (χ1v) is 19.6. The molecule has 0 spiro atoms. The van der Waals surface area contributed by atoms with Crippen molar-refractivity contribution in [2.75, 3.05) is 0 Å². The van der Waals surface area contributed by atoms with Crippen LogP contribution in [0.25, 0.3) is 109 Å². The second-order valence-electron chi connectivity index (χ2n) is 14.1. The molecule has 0 aliphatic carbocycles. The Balaban J connectivity index is 1.05. The van der Waals surface area contributed by atoms with Crippen molar-refractivity contribution in [1.82, 2.24) is 9.97 Å². The molecule has 11 aromatic rings. The van der Waals surface area contributed by atoms with Gasteiger partial charge in [0.1, 0.15) is 16.0 Å². The van der Waals surface area contributed by atoms with Crippen LogP contribution in [-0.2, 0) is 0 Å². The van der Waals surface area contributed by atoms with Crippen molar-refractivity contribution in [2.24, 2.45) is 0 Å². The van der Waals surface area contributed by atoms with E-state index in [4.69, 9.17) is 14.4 Å². The van der Waals surface area contributed by atoms with E-state index in [0.717, 1.165) is 71.1 Å². The number of rotatable bonds is 6. The third-order valence-electron chi connectivity index (χ3n) is 10.7. The average molecular weight is 733 g/mol. The molecule has 3 aromatic heterocycles. The highest BCUT2D eigenvalue weighted by atomic mass is 32.1. The fourth-order valence-electron chi connectivity index (χ4n) is 7.99. The number of fused-ring (bicyclic) bond motifs is 6. The van der Waals surface area contributed by atoms with Gasteiger partial charge in [-0.25, -0.2) is 9.97 Å². The molecule has 0 unspecified atom stereocenters. The van der Waals surface area contributed by atoms with E-state index in [-0.39, 0.29) is 0 Å². The third-order valence-corrected chi connectivity index (χ3v) is 11.8. The molecule has 56 heavy (non-hydrogen) atoms. The lowest BCUT2D eigenvalue weighted by Gasteiger charge is -2.13. The van der Waals surface area contributed by atoms with E-state index in [0.29, 0.717) is 5.82 Å². The highest BCUT2D eigenvalue weighted by Crippen LogP contribution is 2.43. The minimum atomic E-state index is 0.688. The van der Waals surface area contributed by atoms with Crippen molar-refractivity contribution in [1.29, 1.82) is 0 Å². The fourth-order valence-corrected chi connectivity index (χ4v) is 9.06. The first-order chi connectivity index (χ1) is 27.7. The number of nitrogens with zero attached hydrogens (tertiary/aromatic N) is 2. The summed E-state index contributed by atoms with van der Waals surface area (Å²) >= 11 is 1.71. The summed E-state index contributed by atoms with van der Waals surface area (Å²) < 4.78 is 7.74. The van der Waals surface area contributed by atoms with E-state index in [1.54, 1.807) is 11.3 Å². The molecule has 8 aromatic carbocycles. The maximum absolute atomic E-state index is 6.55. The van der Waals surface area contributed by atoms with Crippen molar-refractivity contribution < 1.29 is 4.42 Å². The summed E-state index contributed by atoms with van der Waals surface area (Å²) in [7, 11) is 0. The maximum atomic E-state index is 6.55. The molecule has 3 heterocycles. The van der Waals surface area contributed by atoms with E-state index in [9.17, 15) is 0 Å². The van der Waals surface area contributed by atoms with Gasteiger partial charge in [0.15, 0.2) is 5.82 Å². The highest BCUT2D eigenvalue weighted by molar-refractivity contribution is 7.25. The van der Waals surface area contributed by atoms with Crippen molar-refractivity contribution in [3.05, 3.63) is 194 Å². The highest BCUT2D eigenvalue weighted by Gasteiger charge is 2.21. The number of hydrogen-bond acceptors (Lipinski definition) is 4. The Bertz CT molecular complexity index is 3190. The van der Waals surface area contributed by atoms with Crippen LogP contribution in [-0.4, -0.2) is 9.97 Å². The van der Waals surface area contributed by atoms with Gasteiger partial charge >= 0.3 is 0 Å². The molecule has 0 amide bonds. The van der Waals surface area contributed by atoms with Crippen LogP contribution in [0, 0.1) is 0 Å². The predicted molar refractivity (Wildman–Crippen MR) is 235 cm³/mol. The topological polar surface area (TPSA) is 38.9 Å². The second kappa shape index (κ2) is 13.3. The molecule has 11 rings (SSSR count). The lowest BCUT2D eigenvalue weighted by atomic mass is 9.92. The molecule has 0 saturated carbocycles. The van der Waals surface area contributed by atoms with Crippen molar-refractivity contribution in [3.63, 3.8) is 0 Å². The van der Waals surface area contributed by atoms with E-state index in [1.165, 1.54) is 32.5 Å². The van der Waals surface area contributed by atoms with E-state index < -0.39 is 0 Å². The van der Waals surface area contributed by atoms with E-state index >= 15 is 0 Å². The molecule has 0 N–H and O–H groups in total. The van der Waals surface area contributed by atoms with Crippen LogP contribution in [0.5, 0.6) is 0 Å². The lowest BCUT2D eigenvalue weighted by molar-refractivity contribution is 0.670. The monoisotopic (exact) mass is 732 g/mol. The number of hydrogen-bond donors (Lipinski definition) is 0. The Morgan fingerprint density at radius 1 is 0.375 bits per heavy atom. The van der Waals surface area contributed by atoms with Gasteiger partial charge in [-0.05, 0) is 93.0 Å². The van der Waals surface area contributed by atoms with Crippen LogP contribution >= 0.6 is 11.3 Å². The molecule has 3 nitrogen and oxygen atoms in total. The van der Waals surface area contributed by atoms with Gasteiger partial charge in [-0.3, -0.25) is 0 Å². The standard InChI is InChI=1S/C52H32N2OS/c1-3-14-33(15-4-1)39-30-40(34-16-5-2-6-17-34)32-41(31-39)37-20-11-18-35(28-37)36-19-12-21-38(29-36)51-53-49(48-44-23-8-10-27-47(44)56-52(48)54-51)45-25-13-24-43-42-22-7-9-26-46(42)55-50(43)45/h1-32H. The molecule has 0 fully saturated rings. The lowest BCUT2D eigenvalue weighted by Crippen LogP contribution is -1.94. The molecule has 0 atom stereocenters. The largest absolute Gasteiger partial charge is 0.455 e. The summed E-state index contributed by atoms with van der Waals surface area (Å²) in [4.78, 5) is 11.6. The van der Waals surface area contributed by atoms with Gasteiger partial charge in [0, 0.05) is 37.4 Å². The Kier molecular flexibility index (Phi) is 7.68. The summed E-state index contributed by atoms with van der Waals surface area (Å²) in [5.74, 6) is 0.688. The molecular formula is C52H32N2OS. The third kappa shape index (κ3) is 5.58. The Hall–Kier alpha value is -7.14. The van der Waals surface area contributed by atoms with Crippen molar-refractivity contribution in [3.8, 4) is 67.2 Å². The molecular weight excluding hydrogens is 701 g/mol. The number of benzene rings is 8. The van der Waals surface area contributed by atoms with Gasteiger partial charge in [-0.1, -0.05) is 146 Å². The molecule has 0 radical (unpaired) electrons. The smallest absolute Gasteiger partial charge is 0.161 e. The molecule has 0 saturated heterocycles. The number of aromatic nitrogens is 2. The summed E-state index contributed by atoms with van der Waals surface area (Å²) in [5, 5.41) is 4.39. The van der Waals surface area contributed by atoms with Crippen LogP contribution < -0.4 is 0 Å². The SMILES string of the molecule is c1ccc(-c2cc(-c3ccccc3)cc(-c3cccc(-c4cccc(-c5nc(-c6cccc7c6oc6ccccc67)c6c(n5)sc5ccccc56)c4)c3)c2)cc1.